The molecule has 0 radical (unpaired) electrons. The van der Waals surface area contributed by atoms with Gasteiger partial charge in [0.25, 0.3) is 0 Å². The molecule has 1 aromatic carbocycles. The van der Waals surface area contributed by atoms with Crippen molar-refractivity contribution < 1.29 is 0 Å². The number of benzene rings is 1. The Morgan fingerprint density at radius 2 is 2.36 bits per heavy atom. The first-order valence-corrected chi connectivity index (χ1v) is 5.97. The summed E-state index contributed by atoms with van der Waals surface area (Å²) in [7, 11) is 0. The number of rotatable bonds is 2. The van der Waals surface area contributed by atoms with Crippen molar-refractivity contribution in [1.82, 2.24) is 5.32 Å². The Labute approximate surface area is 94.0 Å². The van der Waals surface area contributed by atoms with E-state index in [9.17, 15) is 0 Å². The maximum absolute atomic E-state index is 3.59. The summed E-state index contributed by atoms with van der Waals surface area (Å²) in [6, 6.07) is 8.60. The Bertz CT molecular complexity index is 316. The standard InChI is InChI=1S/C12H16BrN/c1-12(6-3-7-14-12)9-10-4-2-5-11(13)8-10/h2,4-5,8,14H,3,6-7,9H2,1H3/t12-/m0/s1. The van der Waals surface area contributed by atoms with Crippen molar-refractivity contribution in [1.29, 1.82) is 0 Å². The summed E-state index contributed by atoms with van der Waals surface area (Å²) in [6.45, 7) is 3.49. The van der Waals surface area contributed by atoms with E-state index in [1.54, 1.807) is 0 Å². The average Bonchev–Trinajstić information content (AvgIpc) is 2.51. The fraction of sp³-hybridized carbons (Fsp3) is 0.500. The molecule has 1 heterocycles. The van der Waals surface area contributed by atoms with Crippen molar-refractivity contribution in [3.63, 3.8) is 0 Å². The minimum absolute atomic E-state index is 0.320. The van der Waals surface area contributed by atoms with Gasteiger partial charge in [0.2, 0.25) is 0 Å². The first-order valence-electron chi connectivity index (χ1n) is 5.17. The summed E-state index contributed by atoms with van der Waals surface area (Å²) >= 11 is 3.51. The van der Waals surface area contributed by atoms with Crippen molar-refractivity contribution >= 4 is 15.9 Å². The molecule has 76 valence electrons. The lowest BCUT2D eigenvalue weighted by Gasteiger charge is -2.24. The summed E-state index contributed by atoms with van der Waals surface area (Å²) in [4.78, 5) is 0. The van der Waals surface area contributed by atoms with Crippen LogP contribution in [0, 0.1) is 0 Å². The highest BCUT2D eigenvalue weighted by molar-refractivity contribution is 9.10. The quantitative estimate of drug-likeness (QED) is 0.854. The van der Waals surface area contributed by atoms with E-state index < -0.39 is 0 Å². The van der Waals surface area contributed by atoms with Gasteiger partial charge in [-0.15, -0.1) is 0 Å². The van der Waals surface area contributed by atoms with Crippen LogP contribution in [0.3, 0.4) is 0 Å². The van der Waals surface area contributed by atoms with Crippen LogP contribution in [0.4, 0.5) is 0 Å². The van der Waals surface area contributed by atoms with Crippen LogP contribution >= 0.6 is 15.9 Å². The highest BCUT2D eigenvalue weighted by Gasteiger charge is 2.27. The van der Waals surface area contributed by atoms with E-state index in [0.717, 1.165) is 6.42 Å². The van der Waals surface area contributed by atoms with Crippen LogP contribution in [0.5, 0.6) is 0 Å². The van der Waals surface area contributed by atoms with Crippen molar-refractivity contribution in [3.05, 3.63) is 34.3 Å². The fourth-order valence-electron chi connectivity index (χ4n) is 2.21. The van der Waals surface area contributed by atoms with Gasteiger partial charge >= 0.3 is 0 Å². The Kier molecular flexibility index (Phi) is 2.93. The van der Waals surface area contributed by atoms with Crippen molar-refractivity contribution in [2.24, 2.45) is 0 Å². The molecule has 2 rings (SSSR count). The SMILES string of the molecule is C[C@@]1(Cc2cccc(Br)c2)CCCN1. The predicted molar refractivity (Wildman–Crippen MR) is 63.5 cm³/mol. The summed E-state index contributed by atoms with van der Waals surface area (Å²) in [5.74, 6) is 0. The summed E-state index contributed by atoms with van der Waals surface area (Å²) in [5, 5.41) is 3.59. The lowest BCUT2D eigenvalue weighted by Crippen LogP contribution is -2.38. The molecule has 2 heteroatoms. The Balaban J connectivity index is 2.10. The van der Waals surface area contributed by atoms with Gasteiger partial charge in [0, 0.05) is 10.0 Å². The van der Waals surface area contributed by atoms with E-state index in [1.165, 1.54) is 29.4 Å². The molecular weight excluding hydrogens is 238 g/mol. The molecule has 0 unspecified atom stereocenters. The zero-order valence-corrected chi connectivity index (χ0v) is 10.1. The number of hydrogen-bond donors (Lipinski definition) is 1. The van der Waals surface area contributed by atoms with E-state index in [-0.39, 0.29) is 0 Å². The first-order chi connectivity index (χ1) is 6.68. The molecule has 0 bridgehead atoms. The van der Waals surface area contributed by atoms with E-state index in [2.05, 4.69) is 52.4 Å². The molecule has 0 saturated carbocycles. The molecule has 0 aromatic heterocycles. The van der Waals surface area contributed by atoms with E-state index in [4.69, 9.17) is 0 Å². The third-order valence-electron chi connectivity index (χ3n) is 2.94. The topological polar surface area (TPSA) is 12.0 Å². The van der Waals surface area contributed by atoms with Gasteiger partial charge in [-0.25, -0.2) is 0 Å². The van der Waals surface area contributed by atoms with E-state index in [0.29, 0.717) is 5.54 Å². The smallest absolute Gasteiger partial charge is 0.0194 e. The van der Waals surface area contributed by atoms with Crippen LogP contribution in [0.2, 0.25) is 0 Å². The monoisotopic (exact) mass is 253 g/mol. The number of halogens is 1. The van der Waals surface area contributed by atoms with Crippen LogP contribution in [-0.2, 0) is 6.42 Å². The second kappa shape index (κ2) is 4.03. The lowest BCUT2D eigenvalue weighted by molar-refractivity contribution is 0.412. The van der Waals surface area contributed by atoms with E-state index in [1.807, 2.05) is 0 Å². The van der Waals surface area contributed by atoms with Gasteiger partial charge in [0.05, 0.1) is 0 Å². The number of nitrogens with one attached hydrogen (secondary N) is 1. The molecule has 1 atom stereocenters. The molecule has 0 aliphatic carbocycles. The fourth-order valence-corrected chi connectivity index (χ4v) is 2.65. The van der Waals surface area contributed by atoms with E-state index >= 15 is 0 Å². The van der Waals surface area contributed by atoms with Gasteiger partial charge in [-0.05, 0) is 50.4 Å². The van der Waals surface area contributed by atoms with Gasteiger partial charge in [-0.3, -0.25) is 0 Å². The third-order valence-corrected chi connectivity index (χ3v) is 3.43. The van der Waals surface area contributed by atoms with Crippen molar-refractivity contribution in [2.75, 3.05) is 6.54 Å². The highest BCUT2D eigenvalue weighted by Crippen LogP contribution is 2.24. The van der Waals surface area contributed by atoms with Crippen LogP contribution < -0.4 is 5.32 Å². The highest BCUT2D eigenvalue weighted by atomic mass is 79.9. The molecule has 0 spiro atoms. The molecule has 1 N–H and O–H groups in total. The normalized spacial score (nSPS) is 26.7. The van der Waals surface area contributed by atoms with Crippen LogP contribution in [-0.4, -0.2) is 12.1 Å². The third kappa shape index (κ3) is 2.37. The van der Waals surface area contributed by atoms with Gasteiger partial charge in [-0.2, -0.15) is 0 Å². The minimum Gasteiger partial charge on any atom is -0.311 e. The molecule has 1 aliphatic heterocycles. The zero-order chi connectivity index (χ0) is 10.0. The predicted octanol–water partition coefficient (Wildman–Crippen LogP) is 3.13. The second-order valence-corrected chi connectivity index (χ2v) is 5.31. The molecule has 1 nitrogen and oxygen atoms in total. The Morgan fingerprint density at radius 3 is 3.00 bits per heavy atom. The van der Waals surface area contributed by atoms with Crippen molar-refractivity contribution in [2.45, 2.75) is 31.7 Å². The molecular formula is C12H16BrN. The second-order valence-electron chi connectivity index (χ2n) is 4.40. The summed E-state index contributed by atoms with van der Waals surface area (Å²) in [5.41, 5.74) is 1.73. The Hall–Kier alpha value is -0.340. The molecule has 1 aromatic rings. The average molecular weight is 254 g/mol. The Morgan fingerprint density at radius 1 is 1.50 bits per heavy atom. The van der Waals surface area contributed by atoms with Gasteiger partial charge in [-0.1, -0.05) is 28.1 Å². The largest absolute Gasteiger partial charge is 0.311 e. The van der Waals surface area contributed by atoms with Crippen molar-refractivity contribution in [3.8, 4) is 0 Å². The minimum atomic E-state index is 0.320. The van der Waals surface area contributed by atoms with Crippen LogP contribution in [0.25, 0.3) is 0 Å². The molecule has 1 aliphatic rings. The first kappa shape index (κ1) is 10.2. The van der Waals surface area contributed by atoms with Crippen LogP contribution in [0.15, 0.2) is 28.7 Å². The van der Waals surface area contributed by atoms with Gasteiger partial charge in [0.15, 0.2) is 0 Å². The molecule has 1 fully saturated rings. The van der Waals surface area contributed by atoms with Crippen LogP contribution in [0.1, 0.15) is 25.3 Å². The lowest BCUT2D eigenvalue weighted by atomic mass is 9.91. The summed E-state index contributed by atoms with van der Waals surface area (Å²) in [6.07, 6.45) is 3.73. The zero-order valence-electron chi connectivity index (χ0n) is 8.52. The number of hydrogen-bond acceptors (Lipinski definition) is 1. The van der Waals surface area contributed by atoms with Gasteiger partial charge < -0.3 is 5.32 Å². The van der Waals surface area contributed by atoms with Gasteiger partial charge in [0.1, 0.15) is 0 Å². The maximum Gasteiger partial charge on any atom is 0.0194 e. The molecule has 14 heavy (non-hydrogen) atoms. The summed E-state index contributed by atoms with van der Waals surface area (Å²) < 4.78 is 1.18. The maximum atomic E-state index is 3.59. The molecule has 1 saturated heterocycles. The molecule has 0 amide bonds.